The van der Waals surface area contributed by atoms with E-state index < -0.39 is 0 Å². The lowest BCUT2D eigenvalue weighted by atomic mass is 10.1. The summed E-state index contributed by atoms with van der Waals surface area (Å²) in [6.45, 7) is 0.672. The second-order valence-electron chi connectivity index (χ2n) is 4.51. The van der Waals surface area contributed by atoms with E-state index in [4.69, 9.17) is 4.74 Å². The summed E-state index contributed by atoms with van der Waals surface area (Å²) in [5.74, 6) is 1.51. The van der Waals surface area contributed by atoms with Crippen molar-refractivity contribution in [1.82, 2.24) is 4.98 Å². The number of aromatic nitrogens is 1. The number of hydrogen-bond donors (Lipinski definition) is 0. The Bertz CT molecular complexity index is 693. The Hall–Kier alpha value is -1.53. The van der Waals surface area contributed by atoms with Crippen LogP contribution in [0.3, 0.4) is 0 Å². The quantitative estimate of drug-likeness (QED) is 0.816. The molecule has 0 fully saturated rings. The molecule has 0 radical (unpaired) electrons. The van der Waals surface area contributed by atoms with Gasteiger partial charge in [-0.3, -0.25) is 9.78 Å². The van der Waals surface area contributed by atoms with Gasteiger partial charge in [0.15, 0.2) is 0 Å². The van der Waals surface area contributed by atoms with E-state index in [1.54, 1.807) is 48.3 Å². The van der Waals surface area contributed by atoms with Crippen molar-refractivity contribution < 1.29 is 9.53 Å². The van der Waals surface area contributed by atoms with E-state index in [9.17, 15) is 4.79 Å². The highest BCUT2D eigenvalue weighted by Gasteiger charge is 2.25. The lowest BCUT2D eigenvalue weighted by molar-refractivity contribution is 0.0987. The van der Waals surface area contributed by atoms with Gasteiger partial charge in [0.05, 0.1) is 23.5 Å². The van der Waals surface area contributed by atoms with Crippen LogP contribution >= 0.6 is 27.7 Å². The summed E-state index contributed by atoms with van der Waals surface area (Å²) < 4.78 is 6.11. The summed E-state index contributed by atoms with van der Waals surface area (Å²) >= 11 is 5.23. The maximum absolute atomic E-state index is 12.8. The van der Waals surface area contributed by atoms with E-state index >= 15 is 0 Å². The molecule has 0 saturated carbocycles. The Kier molecular flexibility index (Phi) is 4.17. The minimum atomic E-state index is -0.0321. The second kappa shape index (κ2) is 6.07. The first-order valence-electron chi connectivity index (χ1n) is 6.43. The highest BCUT2D eigenvalue weighted by Crippen LogP contribution is 2.39. The topological polar surface area (TPSA) is 42.4 Å². The Morgan fingerprint density at radius 1 is 1.43 bits per heavy atom. The lowest BCUT2D eigenvalue weighted by Crippen LogP contribution is -2.35. The van der Waals surface area contributed by atoms with Crippen LogP contribution < -0.4 is 9.64 Å². The molecule has 21 heavy (non-hydrogen) atoms. The zero-order chi connectivity index (χ0) is 14.8. The zero-order valence-electron chi connectivity index (χ0n) is 11.4. The monoisotopic (exact) mass is 364 g/mol. The maximum atomic E-state index is 12.8. The van der Waals surface area contributed by atoms with Crippen LogP contribution in [0.4, 0.5) is 5.69 Å². The van der Waals surface area contributed by atoms with Gasteiger partial charge in [0, 0.05) is 29.0 Å². The highest BCUT2D eigenvalue weighted by atomic mass is 79.9. The number of hydrogen-bond acceptors (Lipinski definition) is 4. The summed E-state index contributed by atoms with van der Waals surface area (Å²) in [6.07, 6.45) is 3.50. The first kappa shape index (κ1) is 14.4. The molecule has 0 atom stereocenters. The molecule has 1 aromatic heterocycles. The van der Waals surface area contributed by atoms with E-state index in [0.717, 1.165) is 20.8 Å². The number of carbonyl (C=O) groups is 1. The number of ether oxygens (including phenoxy) is 1. The van der Waals surface area contributed by atoms with E-state index in [-0.39, 0.29) is 5.91 Å². The number of anilines is 1. The number of nitrogens with zero attached hydrogens (tertiary/aromatic N) is 2. The molecule has 2 heterocycles. The molecule has 0 unspecified atom stereocenters. The largest absolute Gasteiger partial charge is 0.497 e. The molecular formula is C15H13BrN2O2S. The molecule has 0 bridgehead atoms. The second-order valence-corrected chi connectivity index (χ2v) is 6.47. The van der Waals surface area contributed by atoms with Crippen LogP contribution in [0.5, 0.6) is 5.75 Å². The smallest absolute Gasteiger partial charge is 0.258 e. The van der Waals surface area contributed by atoms with Gasteiger partial charge in [-0.25, -0.2) is 0 Å². The summed E-state index contributed by atoms with van der Waals surface area (Å²) in [5.41, 5.74) is 1.47. The average Bonchev–Trinajstić information content (AvgIpc) is 2.54. The number of carbonyl (C=O) groups excluding carboxylic acids is 1. The molecule has 2 aromatic rings. The minimum Gasteiger partial charge on any atom is -0.497 e. The van der Waals surface area contributed by atoms with Crippen molar-refractivity contribution in [3.63, 3.8) is 0 Å². The van der Waals surface area contributed by atoms with Gasteiger partial charge in [0.25, 0.3) is 5.91 Å². The molecule has 1 aliphatic rings. The molecular weight excluding hydrogens is 352 g/mol. The lowest BCUT2D eigenvalue weighted by Gasteiger charge is -2.29. The fourth-order valence-electron chi connectivity index (χ4n) is 2.23. The SMILES string of the molecule is COc1cccc(C(=O)N2CCSc3c(Br)cncc32)c1. The molecule has 3 rings (SSSR count). The van der Waals surface area contributed by atoms with Crippen LogP contribution in [0.25, 0.3) is 0 Å². The van der Waals surface area contributed by atoms with Gasteiger partial charge < -0.3 is 9.64 Å². The van der Waals surface area contributed by atoms with E-state index in [2.05, 4.69) is 20.9 Å². The number of fused-ring (bicyclic) bond motifs is 1. The van der Waals surface area contributed by atoms with E-state index in [1.165, 1.54) is 0 Å². The number of amides is 1. The van der Waals surface area contributed by atoms with Crippen molar-refractivity contribution in [3.05, 3.63) is 46.7 Å². The number of methoxy groups -OCH3 is 1. The minimum absolute atomic E-state index is 0.0321. The van der Waals surface area contributed by atoms with Crippen LogP contribution in [0.1, 0.15) is 10.4 Å². The average molecular weight is 365 g/mol. The number of halogens is 1. The molecule has 6 heteroatoms. The molecule has 0 saturated heterocycles. The molecule has 1 aromatic carbocycles. The summed E-state index contributed by atoms with van der Waals surface area (Å²) in [7, 11) is 1.59. The Balaban J connectivity index is 1.98. The van der Waals surface area contributed by atoms with E-state index in [0.29, 0.717) is 17.9 Å². The van der Waals surface area contributed by atoms with Gasteiger partial charge in [0.2, 0.25) is 0 Å². The van der Waals surface area contributed by atoms with Gasteiger partial charge in [-0.2, -0.15) is 0 Å². The van der Waals surface area contributed by atoms with E-state index in [1.807, 2.05) is 12.1 Å². The third-order valence-electron chi connectivity index (χ3n) is 3.25. The summed E-state index contributed by atoms with van der Waals surface area (Å²) in [4.78, 5) is 19.8. The maximum Gasteiger partial charge on any atom is 0.258 e. The van der Waals surface area contributed by atoms with Gasteiger partial charge in [-0.1, -0.05) is 6.07 Å². The van der Waals surface area contributed by atoms with Crippen molar-refractivity contribution >= 4 is 39.3 Å². The number of benzene rings is 1. The summed E-state index contributed by atoms with van der Waals surface area (Å²) in [5, 5.41) is 0. The van der Waals surface area contributed by atoms with Crippen molar-refractivity contribution in [1.29, 1.82) is 0 Å². The Morgan fingerprint density at radius 2 is 2.29 bits per heavy atom. The third-order valence-corrected chi connectivity index (χ3v) is 5.22. The fraction of sp³-hybridized carbons (Fsp3) is 0.200. The van der Waals surface area contributed by atoms with Crippen LogP contribution in [0.15, 0.2) is 46.0 Å². The molecule has 1 amide bonds. The number of thioether (sulfide) groups is 1. The third kappa shape index (κ3) is 2.78. The fourth-order valence-corrected chi connectivity index (χ4v) is 3.87. The highest BCUT2D eigenvalue weighted by molar-refractivity contribution is 9.10. The number of pyridine rings is 1. The summed E-state index contributed by atoms with van der Waals surface area (Å²) in [6, 6.07) is 7.21. The first-order chi connectivity index (χ1) is 10.2. The van der Waals surface area contributed by atoms with Crippen LogP contribution in [0.2, 0.25) is 0 Å². The predicted molar refractivity (Wildman–Crippen MR) is 87.3 cm³/mol. The molecule has 0 N–H and O–H groups in total. The number of rotatable bonds is 2. The van der Waals surface area contributed by atoms with Crippen LogP contribution in [0, 0.1) is 0 Å². The Labute approximate surface area is 135 Å². The zero-order valence-corrected chi connectivity index (χ0v) is 13.8. The Morgan fingerprint density at radius 3 is 3.10 bits per heavy atom. The molecule has 4 nitrogen and oxygen atoms in total. The van der Waals surface area contributed by atoms with Gasteiger partial charge >= 0.3 is 0 Å². The normalized spacial score (nSPS) is 13.7. The molecule has 1 aliphatic heterocycles. The van der Waals surface area contributed by atoms with Crippen molar-refractivity contribution in [2.24, 2.45) is 0 Å². The van der Waals surface area contributed by atoms with Gasteiger partial charge in [0.1, 0.15) is 5.75 Å². The molecule has 0 aliphatic carbocycles. The van der Waals surface area contributed by atoms with Crippen LogP contribution in [-0.4, -0.2) is 30.3 Å². The molecule has 0 spiro atoms. The first-order valence-corrected chi connectivity index (χ1v) is 8.21. The van der Waals surface area contributed by atoms with Gasteiger partial charge in [-0.05, 0) is 34.1 Å². The van der Waals surface area contributed by atoms with Crippen molar-refractivity contribution in [3.8, 4) is 5.75 Å². The van der Waals surface area contributed by atoms with Crippen molar-refractivity contribution in [2.75, 3.05) is 24.3 Å². The van der Waals surface area contributed by atoms with Gasteiger partial charge in [-0.15, -0.1) is 11.8 Å². The standard InChI is InChI=1S/C15H13BrN2O2S/c1-20-11-4-2-3-10(7-11)15(19)18-5-6-21-14-12(16)8-17-9-13(14)18/h2-4,7-9H,5-6H2,1H3. The van der Waals surface area contributed by atoms with Crippen molar-refractivity contribution in [2.45, 2.75) is 4.90 Å². The van der Waals surface area contributed by atoms with Crippen LogP contribution in [-0.2, 0) is 0 Å². The predicted octanol–water partition coefficient (Wildman–Crippen LogP) is 3.61. The molecule has 108 valence electrons.